The van der Waals surface area contributed by atoms with Gasteiger partial charge >= 0.3 is 0 Å². The molecule has 3 unspecified atom stereocenters. The second kappa shape index (κ2) is 4.48. The molecule has 1 N–H and O–H groups in total. The molecule has 4 heteroatoms. The molecule has 0 spiro atoms. The van der Waals surface area contributed by atoms with E-state index in [9.17, 15) is 9.50 Å². The molecule has 2 bridgehead atoms. The zero-order valence-corrected chi connectivity index (χ0v) is 11.0. The Bertz CT molecular complexity index is 467. The van der Waals surface area contributed by atoms with Crippen LogP contribution in [-0.4, -0.2) is 35.2 Å². The number of rotatable bonds is 2. The predicted octanol–water partition coefficient (Wildman–Crippen LogP) is 2.48. The van der Waals surface area contributed by atoms with E-state index < -0.39 is 5.60 Å². The van der Waals surface area contributed by atoms with E-state index in [1.807, 2.05) is 0 Å². The van der Waals surface area contributed by atoms with Gasteiger partial charge in [-0.05, 0) is 43.1 Å². The topological polar surface area (TPSA) is 23.5 Å². The number of benzene rings is 1. The fourth-order valence-corrected chi connectivity index (χ4v) is 3.47. The van der Waals surface area contributed by atoms with Gasteiger partial charge in [0, 0.05) is 30.5 Å². The van der Waals surface area contributed by atoms with E-state index in [1.165, 1.54) is 6.07 Å². The Kier molecular flexibility index (Phi) is 3.08. The molecule has 2 aliphatic rings. The summed E-state index contributed by atoms with van der Waals surface area (Å²) in [6.45, 7) is 2.92. The van der Waals surface area contributed by atoms with Crippen LogP contribution in [0.3, 0.4) is 0 Å². The van der Waals surface area contributed by atoms with E-state index in [0.29, 0.717) is 17.0 Å². The van der Waals surface area contributed by atoms with Crippen LogP contribution in [0.4, 0.5) is 4.39 Å². The molecule has 1 aromatic rings. The number of aliphatic hydroxyl groups is 1. The molecule has 3 atom stereocenters. The van der Waals surface area contributed by atoms with Crippen LogP contribution in [0.25, 0.3) is 0 Å². The molecule has 2 aliphatic heterocycles. The first kappa shape index (κ1) is 12.4. The Balaban J connectivity index is 1.84. The molecule has 2 heterocycles. The molecule has 18 heavy (non-hydrogen) atoms. The maximum absolute atomic E-state index is 13.8. The van der Waals surface area contributed by atoms with Crippen LogP contribution in [0.2, 0.25) is 5.02 Å². The molecule has 0 aliphatic carbocycles. The number of nitrogens with zero attached hydrogens (tertiary/aromatic N) is 1. The third-order valence-electron chi connectivity index (χ3n) is 4.40. The van der Waals surface area contributed by atoms with Crippen LogP contribution < -0.4 is 0 Å². The maximum Gasteiger partial charge on any atom is 0.126 e. The van der Waals surface area contributed by atoms with Crippen molar-refractivity contribution in [2.24, 2.45) is 5.92 Å². The van der Waals surface area contributed by atoms with Crippen molar-refractivity contribution in [2.45, 2.75) is 24.9 Å². The summed E-state index contributed by atoms with van der Waals surface area (Å²) in [6.07, 6.45) is 2.11. The van der Waals surface area contributed by atoms with E-state index in [-0.39, 0.29) is 11.7 Å². The minimum Gasteiger partial charge on any atom is -0.389 e. The molecule has 98 valence electrons. The molecule has 3 rings (SSSR count). The van der Waals surface area contributed by atoms with Crippen LogP contribution in [0.15, 0.2) is 18.2 Å². The SMILES string of the molecule is OC1(Cc2cc(Cl)ccc2F)CCN2CCC1C2. The summed E-state index contributed by atoms with van der Waals surface area (Å²) in [5.74, 6) is -0.00196. The Morgan fingerprint density at radius 2 is 2.28 bits per heavy atom. The lowest BCUT2D eigenvalue weighted by molar-refractivity contribution is -0.0444. The summed E-state index contributed by atoms with van der Waals surface area (Å²) >= 11 is 5.90. The molecule has 0 radical (unpaired) electrons. The Labute approximate surface area is 111 Å². The summed E-state index contributed by atoms with van der Waals surface area (Å²) in [5, 5.41) is 11.3. The summed E-state index contributed by atoms with van der Waals surface area (Å²) in [6, 6.07) is 4.56. The van der Waals surface area contributed by atoms with Crippen LogP contribution in [0, 0.1) is 11.7 Å². The lowest BCUT2D eigenvalue weighted by Gasteiger charge is -2.39. The van der Waals surface area contributed by atoms with Gasteiger partial charge in [0.1, 0.15) is 5.82 Å². The van der Waals surface area contributed by atoms with Crippen molar-refractivity contribution >= 4 is 11.6 Å². The first-order valence-corrected chi connectivity index (χ1v) is 6.83. The average Bonchev–Trinajstić information content (AvgIpc) is 2.75. The summed E-state index contributed by atoms with van der Waals surface area (Å²) in [5.41, 5.74) is -0.233. The van der Waals surface area contributed by atoms with E-state index >= 15 is 0 Å². The zero-order valence-electron chi connectivity index (χ0n) is 10.2. The Hall–Kier alpha value is -0.640. The molecule has 2 nitrogen and oxygen atoms in total. The van der Waals surface area contributed by atoms with Crippen LogP contribution >= 0.6 is 11.6 Å². The van der Waals surface area contributed by atoms with Crippen molar-refractivity contribution in [3.8, 4) is 0 Å². The second-order valence-electron chi connectivity index (χ2n) is 5.55. The highest BCUT2D eigenvalue weighted by atomic mass is 35.5. The third kappa shape index (κ3) is 2.15. The molecule has 2 saturated heterocycles. The Morgan fingerprint density at radius 1 is 1.44 bits per heavy atom. The van der Waals surface area contributed by atoms with E-state index in [4.69, 9.17) is 11.6 Å². The fraction of sp³-hybridized carbons (Fsp3) is 0.571. The number of hydrogen-bond donors (Lipinski definition) is 1. The molecule has 0 saturated carbocycles. The maximum atomic E-state index is 13.8. The van der Waals surface area contributed by atoms with Crippen molar-refractivity contribution in [2.75, 3.05) is 19.6 Å². The third-order valence-corrected chi connectivity index (χ3v) is 4.63. The van der Waals surface area contributed by atoms with E-state index in [1.54, 1.807) is 12.1 Å². The van der Waals surface area contributed by atoms with Crippen molar-refractivity contribution < 1.29 is 9.50 Å². The number of piperidine rings is 1. The summed E-state index contributed by atoms with van der Waals surface area (Å²) in [4.78, 5) is 2.37. The van der Waals surface area contributed by atoms with Crippen molar-refractivity contribution in [3.05, 3.63) is 34.6 Å². The highest BCUT2D eigenvalue weighted by Crippen LogP contribution is 2.38. The minimum atomic E-state index is -0.765. The molecular weight excluding hydrogens is 253 g/mol. The highest BCUT2D eigenvalue weighted by Gasteiger charge is 2.44. The van der Waals surface area contributed by atoms with E-state index in [2.05, 4.69) is 4.90 Å². The standard InChI is InChI=1S/C14H17ClFNO/c15-12-1-2-13(16)10(7-12)8-14(18)4-6-17-5-3-11(14)9-17/h1-2,7,11,18H,3-6,8-9H2. The van der Waals surface area contributed by atoms with Gasteiger partial charge in [-0.15, -0.1) is 0 Å². The minimum absolute atomic E-state index is 0.268. The van der Waals surface area contributed by atoms with Gasteiger partial charge in [0.15, 0.2) is 0 Å². The van der Waals surface area contributed by atoms with Crippen LogP contribution in [-0.2, 0) is 6.42 Å². The summed E-state index contributed by atoms with van der Waals surface area (Å²) in [7, 11) is 0. The molecule has 0 aromatic heterocycles. The molecule has 2 fully saturated rings. The van der Waals surface area contributed by atoms with Gasteiger partial charge < -0.3 is 10.0 Å². The first-order valence-electron chi connectivity index (χ1n) is 6.45. The van der Waals surface area contributed by atoms with Crippen molar-refractivity contribution in [1.82, 2.24) is 4.90 Å². The second-order valence-corrected chi connectivity index (χ2v) is 5.99. The molecular formula is C14H17ClFNO. The lowest BCUT2D eigenvalue weighted by atomic mass is 9.78. The number of hydrogen-bond acceptors (Lipinski definition) is 2. The molecule has 1 aromatic carbocycles. The predicted molar refractivity (Wildman–Crippen MR) is 69.2 cm³/mol. The van der Waals surface area contributed by atoms with Gasteiger partial charge in [-0.2, -0.15) is 0 Å². The fourth-order valence-electron chi connectivity index (χ4n) is 3.27. The normalized spacial score (nSPS) is 34.8. The van der Waals surface area contributed by atoms with Gasteiger partial charge in [-0.3, -0.25) is 0 Å². The van der Waals surface area contributed by atoms with Gasteiger partial charge in [-0.25, -0.2) is 4.39 Å². The smallest absolute Gasteiger partial charge is 0.126 e. The lowest BCUT2D eigenvalue weighted by Crippen LogP contribution is -2.48. The van der Waals surface area contributed by atoms with Gasteiger partial charge in [0.05, 0.1) is 5.60 Å². The van der Waals surface area contributed by atoms with E-state index in [0.717, 1.165) is 32.5 Å². The summed E-state index contributed by atoms with van der Waals surface area (Å²) < 4.78 is 13.8. The largest absolute Gasteiger partial charge is 0.389 e. The highest BCUT2D eigenvalue weighted by molar-refractivity contribution is 6.30. The van der Waals surface area contributed by atoms with Crippen LogP contribution in [0.5, 0.6) is 0 Å². The average molecular weight is 270 g/mol. The number of halogens is 2. The monoisotopic (exact) mass is 269 g/mol. The van der Waals surface area contributed by atoms with Crippen LogP contribution in [0.1, 0.15) is 18.4 Å². The van der Waals surface area contributed by atoms with Crippen molar-refractivity contribution in [1.29, 1.82) is 0 Å². The van der Waals surface area contributed by atoms with Gasteiger partial charge in [0.2, 0.25) is 0 Å². The van der Waals surface area contributed by atoms with Gasteiger partial charge in [0.25, 0.3) is 0 Å². The number of fused-ring (bicyclic) bond motifs is 2. The molecule has 0 amide bonds. The first-order chi connectivity index (χ1) is 8.57. The Morgan fingerprint density at radius 3 is 3.11 bits per heavy atom. The zero-order chi connectivity index (χ0) is 12.8. The van der Waals surface area contributed by atoms with Crippen molar-refractivity contribution in [3.63, 3.8) is 0 Å². The van der Waals surface area contributed by atoms with Gasteiger partial charge in [-0.1, -0.05) is 11.6 Å². The quantitative estimate of drug-likeness (QED) is 0.892.